The minimum atomic E-state index is 0.121. The van der Waals surface area contributed by atoms with Gasteiger partial charge in [-0.25, -0.2) is 5.84 Å². The van der Waals surface area contributed by atoms with Crippen molar-refractivity contribution in [2.24, 2.45) is 5.84 Å². The van der Waals surface area contributed by atoms with E-state index in [4.69, 9.17) is 16.3 Å². The number of hydrogen-bond donors (Lipinski definition) is 3. The summed E-state index contributed by atoms with van der Waals surface area (Å²) in [5.41, 5.74) is 8.88. The first-order chi connectivity index (χ1) is 7.11. The molecule has 0 saturated carbocycles. The van der Waals surface area contributed by atoms with Gasteiger partial charge in [0.25, 0.3) is 0 Å². The number of anilines is 2. The van der Waals surface area contributed by atoms with Crippen LogP contribution in [0.5, 0.6) is 5.88 Å². The summed E-state index contributed by atoms with van der Waals surface area (Å²) >= 11 is 0. The third-order valence-electron chi connectivity index (χ3n) is 1.65. The molecule has 1 rings (SSSR count). The summed E-state index contributed by atoms with van der Waals surface area (Å²) in [7, 11) is 0. The maximum atomic E-state index is 5.45. The van der Waals surface area contributed by atoms with Crippen LogP contribution in [0.4, 0.5) is 11.8 Å². The summed E-state index contributed by atoms with van der Waals surface area (Å²) < 4.78 is 5.35. The Morgan fingerprint density at radius 1 is 1.60 bits per heavy atom. The Balaban J connectivity index is 2.60. The fourth-order valence-electron chi connectivity index (χ4n) is 0.921. The molecule has 1 aromatic heterocycles. The Morgan fingerprint density at radius 3 is 2.93 bits per heavy atom. The zero-order valence-electron chi connectivity index (χ0n) is 8.66. The highest BCUT2D eigenvalue weighted by Gasteiger charge is 2.01. The summed E-state index contributed by atoms with van der Waals surface area (Å²) in [4.78, 5) is 7.73. The number of nitrogens with zero attached hydrogens (tertiary/aromatic N) is 2. The van der Waals surface area contributed by atoms with Gasteiger partial charge in [-0.3, -0.25) is 0 Å². The number of nitrogen functional groups attached to an aromatic ring is 2. The van der Waals surface area contributed by atoms with E-state index in [9.17, 15) is 0 Å². The average Bonchev–Trinajstić information content (AvgIpc) is 2.16. The molecule has 0 fully saturated rings. The summed E-state index contributed by atoms with van der Waals surface area (Å²) in [6.45, 7) is 6.21. The van der Waals surface area contributed by atoms with Crippen LogP contribution in [0.1, 0.15) is 13.3 Å². The summed E-state index contributed by atoms with van der Waals surface area (Å²) in [6, 6.07) is 1.58. The van der Waals surface area contributed by atoms with Crippen molar-refractivity contribution in [3.63, 3.8) is 0 Å². The lowest BCUT2D eigenvalue weighted by atomic mass is 10.3. The van der Waals surface area contributed by atoms with Crippen molar-refractivity contribution in [2.75, 3.05) is 17.8 Å². The molecule has 0 spiro atoms. The first-order valence-electron chi connectivity index (χ1n) is 4.50. The molecule has 5 N–H and O–H groups in total. The quantitative estimate of drug-likeness (QED) is 0.375. The SMILES string of the molecule is C=C(C)CCOc1cc(NN)nc(N)n1. The maximum absolute atomic E-state index is 5.45. The number of hydrazine groups is 1. The highest BCUT2D eigenvalue weighted by atomic mass is 16.5. The van der Waals surface area contributed by atoms with Crippen LogP contribution in [-0.4, -0.2) is 16.6 Å². The molecule has 0 atom stereocenters. The monoisotopic (exact) mass is 209 g/mol. The zero-order valence-corrected chi connectivity index (χ0v) is 8.66. The Labute approximate surface area is 88.3 Å². The van der Waals surface area contributed by atoms with E-state index >= 15 is 0 Å². The lowest BCUT2D eigenvalue weighted by Crippen LogP contribution is -2.11. The van der Waals surface area contributed by atoms with Crippen LogP contribution in [-0.2, 0) is 0 Å². The van der Waals surface area contributed by atoms with Gasteiger partial charge in [-0.05, 0) is 6.92 Å². The van der Waals surface area contributed by atoms with Gasteiger partial charge in [0.2, 0.25) is 11.8 Å². The second kappa shape index (κ2) is 5.16. The standard InChI is InChI=1S/C9H15N5O/c1-6(2)3-4-15-8-5-7(14-11)12-9(10)13-8/h5H,1,3-4,11H2,2H3,(H3,10,12,13,14). The minimum Gasteiger partial charge on any atom is -0.477 e. The van der Waals surface area contributed by atoms with E-state index in [1.165, 1.54) is 0 Å². The molecule has 6 heteroatoms. The van der Waals surface area contributed by atoms with Crippen molar-refractivity contribution in [1.29, 1.82) is 0 Å². The lowest BCUT2D eigenvalue weighted by Gasteiger charge is -2.07. The topological polar surface area (TPSA) is 99.1 Å². The van der Waals surface area contributed by atoms with Gasteiger partial charge in [0.05, 0.1) is 6.61 Å². The fourth-order valence-corrected chi connectivity index (χ4v) is 0.921. The molecule has 0 unspecified atom stereocenters. The molecule has 15 heavy (non-hydrogen) atoms. The number of aromatic nitrogens is 2. The second-order valence-electron chi connectivity index (χ2n) is 3.15. The van der Waals surface area contributed by atoms with Crippen molar-refractivity contribution >= 4 is 11.8 Å². The number of nitrogens with one attached hydrogen (secondary N) is 1. The maximum Gasteiger partial charge on any atom is 0.225 e. The molecule has 6 nitrogen and oxygen atoms in total. The molecule has 82 valence electrons. The normalized spacial score (nSPS) is 9.73. The number of nitrogens with two attached hydrogens (primary N) is 2. The highest BCUT2D eigenvalue weighted by molar-refractivity contribution is 5.41. The van der Waals surface area contributed by atoms with E-state index < -0.39 is 0 Å². The molecular weight excluding hydrogens is 194 g/mol. The molecule has 0 saturated heterocycles. The van der Waals surface area contributed by atoms with Gasteiger partial charge in [-0.15, -0.1) is 6.58 Å². The molecular formula is C9H15N5O. The Hall–Kier alpha value is -1.82. The highest BCUT2D eigenvalue weighted by Crippen LogP contribution is 2.14. The van der Waals surface area contributed by atoms with Crippen molar-refractivity contribution in [3.05, 3.63) is 18.2 Å². The van der Waals surface area contributed by atoms with Crippen LogP contribution in [0.3, 0.4) is 0 Å². The van der Waals surface area contributed by atoms with Gasteiger partial charge in [0.1, 0.15) is 5.82 Å². The summed E-state index contributed by atoms with van der Waals surface area (Å²) in [5, 5.41) is 0. The molecule has 0 amide bonds. The lowest BCUT2D eigenvalue weighted by molar-refractivity contribution is 0.309. The van der Waals surface area contributed by atoms with Gasteiger partial charge >= 0.3 is 0 Å². The molecule has 1 heterocycles. The molecule has 0 bridgehead atoms. The van der Waals surface area contributed by atoms with Crippen molar-refractivity contribution < 1.29 is 4.74 Å². The molecule has 0 aliphatic carbocycles. The van der Waals surface area contributed by atoms with Gasteiger partial charge in [-0.1, -0.05) is 5.57 Å². The van der Waals surface area contributed by atoms with Crippen LogP contribution in [0.15, 0.2) is 18.2 Å². The van der Waals surface area contributed by atoms with Crippen LogP contribution < -0.4 is 21.7 Å². The van der Waals surface area contributed by atoms with Crippen LogP contribution >= 0.6 is 0 Å². The number of hydrogen-bond acceptors (Lipinski definition) is 6. The molecule has 0 radical (unpaired) electrons. The van der Waals surface area contributed by atoms with E-state index in [2.05, 4.69) is 22.0 Å². The largest absolute Gasteiger partial charge is 0.477 e. The van der Waals surface area contributed by atoms with E-state index in [1.54, 1.807) is 6.07 Å². The summed E-state index contributed by atoms with van der Waals surface area (Å²) in [6.07, 6.45) is 0.773. The first kappa shape index (κ1) is 11.3. The predicted octanol–water partition coefficient (Wildman–Crippen LogP) is 0.689. The Kier molecular flexibility index (Phi) is 3.87. The molecule has 0 aliphatic heterocycles. The van der Waals surface area contributed by atoms with Gasteiger partial charge in [0.15, 0.2) is 0 Å². The van der Waals surface area contributed by atoms with E-state index in [1.807, 2.05) is 6.92 Å². The van der Waals surface area contributed by atoms with E-state index in [0.29, 0.717) is 18.3 Å². The van der Waals surface area contributed by atoms with E-state index in [-0.39, 0.29) is 5.95 Å². The second-order valence-corrected chi connectivity index (χ2v) is 3.15. The Morgan fingerprint density at radius 2 is 2.33 bits per heavy atom. The van der Waals surface area contributed by atoms with Crippen molar-refractivity contribution in [3.8, 4) is 5.88 Å². The predicted molar refractivity (Wildman–Crippen MR) is 59.2 cm³/mol. The third kappa shape index (κ3) is 3.82. The first-order valence-corrected chi connectivity index (χ1v) is 4.50. The molecule has 1 aromatic rings. The average molecular weight is 209 g/mol. The molecule has 0 aromatic carbocycles. The van der Waals surface area contributed by atoms with Crippen LogP contribution in [0.2, 0.25) is 0 Å². The minimum absolute atomic E-state index is 0.121. The van der Waals surface area contributed by atoms with Gasteiger partial charge < -0.3 is 15.9 Å². The van der Waals surface area contributed by atoms with Crippen LogP contribution in [0, 0.1) is 0 Å². The van der Waals surface area contributed by atoms with Crippen LogP contribution in [0.25, 0.3) is 0 Å². The number of rotatable bonds is 5. The summed E-state index contributed by atoms with van der Waals surface area (Å²) in [5.74, 6) is 6.14. The number of ether oxygens (including phenoxy) is 1. The zero-order chi connectivity index (χ0) is 11.3. The van der Waals surface area contributed by atoms with Crippen molar-refractivity contribution in [1.82, 2.24) is 9.97 Å². The Bertz CT molecular complexity index is 352. The fraction of sp³-hybridized carbons (Fsp3) is 0.333. The van der Waals surface area contributed by atoms with Crippen molar-refractivity contribution in [2.45, 2.75) is 13.3 Å². The van der Waals surface area contributed by atoms with E-state index in [0.717, 1.165) is 12.0 Å². The third-order valence-corrected chi connectivity index (χ3v) is 1.65. The van der Waals surface area contributed by atoms with Gasteiger partial charge in [0, 0.05) is 12.5 Å². The molecule has 0 aliphatic rings. The smallest absolute Gasteiger partial charge is 0.225 e. The van der Waals surface area contributed by atoms with Gasteiger partial charge in [-0.2, -0.15) is 9.97 Å².